The minimum atomic E-state index is -4.45. The van der Waals surface area contributed by atoms with Gasteiger partial charge < -0.3 is 10.2 Å². The quantitative estimate of drug-likeness (QED) is 0.756. The number of halogens is 4. The number of hydrogen-bond acceptors (Lipinski definition) is 2. The number of anilines is 1. The molecule has 0 spiro atoms. The molecule has 2 amide bonds. The number of rotatable bonds is 3. The molecule has 8 heteroatoms. The molecule has 0 saturated carbocycles. The van der Waals surface area contributed by atoms with Crippen molar-refractivity contribution in [3.05, 3.63) is 27.3 Å². The lowest BCUT2D eigenvalue weighted by molar-refractivity contribution is -0.157. The van der Waals surface area contributed by atoms with Crippen LogP contribution in [0.15, 0.2) is 18.2 Å². The lowest BCUT2D eigenvalue weighted by Gasteiger charge is -2.18. The Kier molecular flexibility index (Phi) is 4.98. The van der Waals surface area contributed by atoms with Gasteiger partial charge in [-0.25, -0.2) is 0 Å². The van der Waals surface area contributed by atoms with Crippen LogP contribution in [-0.2, 0) is 9.59 Å². The van der Waals surface area contributed by atoms with Gasteiger partial charge in [0.1, 0.15) is 6.54 Å². The van der Waals surface area contributed by atoms with E-state index in [0.29, 0.717) is 10.6 Å². The molecule has 22 heavy (non-hydrogen) atoms. The van der Waals surface area contributed by atoms with E-state index >= 15 is 0 Å². The first-order chi connectivity index (χ1) is 10.2. The zero-order valence-electron chi connectivity index (χ0n) is 11.7. The van der Waals surface area contributed by atoms with Crippen LogP contribution in [-0.4, -0.2) is 36.0 Å². The summed E-state index contributed by atoms with van der Waals surface area (Å²) in [7, 11) is 0. The van der Waals surface area contributed by atoms with Crippen molar-refractivity contribution in [2.24, 2.45) is 5.92 Å². The predicted molar refractivity (Wildman–Crippen MR) is 83.3 cm³/mol. The standard InChI is InChI=1S/C14H14F3IN2O2/c1-8-4-10(18)2-3-11(8)19-13(22)9-5-12(21)20(6-9)7-14(15,16)17/h2-4,9H,5-7H2,1H3,(H,19,22). The van der Waals surface area contributed by atoms with Gasteiger partial charge in [0.25, 0.3) is 0 Å². The number of hydrogen-bond donors (Lipinski definition) is 1. The van der Waals surface area contributed by atoms with E-state index in [1.54, 1.807) is 6.07 Å². The number of alkyl halides is 3. The molecule has 1 aliphatic heterocycles. The van der Waals surface area contributed by atoms with Gasteiger partial charge in [-0.05, 0) is 53.3 Å². The van der Waals surface area contributed by atoms with Crippen molar-refractivity contribution in [1.82, 2.24) is 4.90 Å². The highest BCUT2D eigenvalue weighted by atomic mass is 127. The average Bonchev–Trinajstić information content (AvgIpc) is 2.72. The molecule has 1 saturated heterocycles. The molecule has 1 aromatic carbocycles. The molecule has 1 atom stereocenters. The Morgan fingerprint density at radius 1 is 1.45 bits per heavy atom. The SMILES string of the molecule is Cc1cc(I)ccc1NC(=O)C1CC(=O)N(CC(F)(F)F)C1. The molecule has 120 valence electrons. The third kappa shape index (κ3) is 4.34. The van der Waals surface area contributed by atoms with Crippen LogP contribution in [0.1, 0.15) is 12.0 Å². The van der Waals surface area contributed by atoms with Gasteiger partial charge in [-0.3, -0.25) is 9.59 Å². The molecule has 1 aliphatic rings. The average molecular weight is 426 g/mol. The molecule has 1 heterocycles. The van der Waals surface area contributed by atoms with Crippen LogP contribution in [0.5, 0.6) is 0 Å². The maximum atomic E-state index is 12.4. The van der Waals surface area contributed by atoms with Gasteiger partial charge in [-0.2, -0.15) is 13.2 Å². The van der Waals surface area contributed by atoms with Crippen molar-refractivity contribution in [3.8, 4) is 0 Å². The Morgan fingerprint density at radius 3 is 2.73 bits per heavy atom. The summed E-state index contributed by atoms with van der Waals surface area (Å²) in [5, 5.41) is 2.68. The second-order valence-corrected chi connectivity index (χ2v) is 6.48. The molecule has 1 unspecified atom stereocenters. The van der Waals surface area contributed by atoms with E-state index in [0.717, 1.165) is 9.13 Å². The van der Waals surface area contributed by atoms with Crippen molar-refractivity contribution in [3.63, 3.8) is 0 Å². The molecule has 1 aromatic rings. The van der Waals surface area contributed by atoms with E-state index in [9.17, 15) is 22.8 Å². The number of aryl methyl sites for hydroxylation is 1. The smallest absolute Gasteiger partial charge is 0.333 e. The lowest BCUT2D eigenvalue weighted by atomic mass is 10.1. The Hall–Kier alpha value is -1.32. The van der Waals surface area contributed by atoms with Crippen molar-refractivity contribution in [2.75, 3.05) is 18.4 Å². The second-order valence-electron chi connectivity index (χ2n) is 5.24. The Morgan fingerprint density at radius 2 is 2.14 bits per heavy atom. The summed E-state index contributed by atoms with van der Waals surface area (Å²) < 4.78 is 38.1. The van der Waals surface area contributed by atoms with Crippen molar-refractivity contribution in [2.45, 2.75) is 19.5 Å². The molecule has 2 rings (SSSR count). The summed E-state index contributed by atoms with van der Waals surface area (Å²) in [5.74, 6) is -1.83. The van der Waals surface area contributed by atoms with Gasteiger partial charge in [-0.15, -0.1) is 0 Å². The third-order valence-electron chi connectivity index (χ3n) is 3.40. The van der Waals surface area contributed by atoms with E-state index in [4.69, 9.17) is 0 Å². The van der Waals surface area contributed by atoms with Crippen LogP contribution in [0, 0.1) is 16.4 Å². The predicted octanol–water partition coefficient (Wildman–Crippen LogP) is 2.95. The molecule has 1 N–H and O–H groups in total. The molecule has 0 radical (unpaired) electrons. The monoisotopic (exact) mass is 426 g/mol. The van der Waals surface area contributed by atoms with Crippen LogP contribution in [0.2, 0.25) is 0 Å². The van der Waals surface area contributed by atoms with Crippen LogP contribution >= 0.6 is 22.6 Å². The van der Waals surface area contributed by atoms with Crippen LogP contribution in [0.3, 0.4) is 0 Å². The van der Waals surface area contributed by atoms with E-state index in [1.807, 2.05) is 19.1 Å². The number of carbonyl (C=O) groups excluding carboxylic acids is 2. The fourth-order valence-electron chi connectivity index (χ4n) is 2.32. The normalized spacial score (nSPS) is 18.7. The topological polar surface area (TPSA) is 49.4 Å². The fraction of sp³-hybridized carbons (Fsp3) is 0.429. The Balaban J connectivity index is 2.01. The molecular formula is C14H14F3IN2O2. The Bertz CT molecular complexity index is 604. The Labute approximate surface area is 139 Å². The number of carbonyl (C=O) groups is 2. The zero-order valence-corrected chi connectivity index (χ0v) is 13.9. The van der Waals surface area contributed by atoms with Crippen molar-refractivity contribution >= 4 is 40.1 Å². The summed E-state index contributed by atoms with van der Waals surface area (Å²) in [4.78, 5) is 24.4. The maximum absolute atomic E-state index is 12.4. The number of nitrogens with one attached hydrogen (secondary N) is 1. The van der Waals surface area contributed by atoms with Crippen LogP contribution < -0.4 is 5.32 Å². The van der Waals surface area contributed by atoms with Gasteiger partial charge in [0.15, 0.2) is 0 Å². The van der Waals surface area contributed by atoms with E-state index in [2.05, 4.69) is 27.9 Å². The van der Waals surface area contributed by atoms with E-state index in [-0.39, 0.29) is 13.0 Å². The molecule has 4 nitrogen and oxygen atoms in total. The number of amides is 2. The summed E-state index contributed by atoms with van der Waals surface area (Å²) in [6.07, 6.45) is -4.64. The van der Waals surface area contributed by atoms with Gasteiger partial charge in [-0.1, -0.05) is 0 Å². The largest absolute Gasteiger partial charge is 0.406 e. The van der Waals surface area contributed by atoms with Crippen molar-refractivity contribution in [1.29, 1.82) is 0 Å². The maximum Gasteiger partial charge on any atom is 0.406 e. The lowest BCUT2D eigenvalue weighted by Crippen LogP contribution is -2.36. The fourth-order valence-corrected chi connectivity index (χ4v) is 2.97. The molecular weight excluding hydrogens is 412 g/mol. The van der Waals surface area contributed by atoms with Gasteiger partial charge in [0.2, 0.25) is 11.8 Å². The third-order valence-corrected chi connectivity index (χ3v) is 4.07. The first-order valence-corrected chi connectivity index (χ1v) is 7.65. The highest BCUT2D eigenvalue weighted by Crippen LogP contribution is 2.25. The number of likely N-dealkylation sites (tertiary alicyclic amines) is 1. The van der Waals surface area contributed by atoms with E-state index < -0.39 is 30.5 Å². The van der Waals surface area contributed by atoms with Crippen molar-refractivity contribution < 1.29 is 22.8 Å². The number of nitrogens with zero attached hydrogens (tertiary/aromatic N) is 1. The molecule has 0 aromatic heterocycles. The first kappa shape index (κ1) is 17.0. The molecule has 0 aliphatic carbocycles. The first-order valence-electron chi connectivity index (χ1n) is 6.57. The summed E-state index contributed by atoms with van der Waals surface area (Å²) in [5.41, 5.74) is 1.46. The second kappa shape index (κ2) is 6.43. The zero-order chi connectivity index (χ0) is 16.5. The highest BCUT2D eigenvalue weighted by molar-refractivity contribution is 14.1. The summed E-state index contributed by atoms with van der Waals surface area (Å²) in [6.45, 7) is 0.319. The van der Waals surface area contributed by atoms with Crippen LogP contribution in [0.25, 0.3) is 0 Å². The summed E-state index contributed by atoms with van der Waals surface area (Å²) >= 11 is 2.14. The molecule has 0 bridgehead atoms. The summed E-state index contributed by atoms with van der Waals surface area (Å²) in [6, 6.07) is 5.43. The minimum Gasteiger partial charge on any atom is -0.333 e. The van der Waals surface area contributed by atoms with Crippen LogP contribution in [0.4, 0.5) is 18.9 Å². The highest BCUT2D eigenvalue weighted by Gasteiger charge is 2.40. The van der Waals surface area contributed by atoms with Gasteiger partial charge in [0, 0.05) is 22.2 Å². The molecule has 1 fully saturated rings. The number of benzene rings is 1. The van der Waals surface area contributed by atoms with Gasteiger partial charge >= 0.3 is 6.18 Å². The van der Waals surface area contributed by atoms with Gasteiger partial charge in [0.05, 0.1) is 5.92 Å². The van der Waals surface area contributed by atoms with E-state index in [1.165, 1.54) is 0 Å². The minimum absolute atomic E-state index is 0.189.